The van der Waals surface area contributed by atoms with Gasteiger partial charge in [-0.1, -0.05) is 17.7 Å². The van der Waals surface area contributed by atoms with Gasteiger partial charge in [-0.3, -0.25) is 9.59 Å². The number of anilines is 1. The van der Waals surface area contributed by atoms with Gasteiger partial charge in [-0.2, -0.15) is 0 Å². The van der Waals surface area contributed by atoms with Crippen molar-refractivity contribution in [2.75, 3.05) is 23.4 Å². The zero-order chi connectivity index (χ0) is 15.8. The zero-order valence-electron chi connectivity index (χ0n) is 12.0. The van der Waals surface area contributed by atoms with E-state index in [0.717, 1.165) is 5.56 Å². The van der Waals surface area contributed by atoms with E-state index >= 15 is 0 Å². The largest absolute Gasteiger partial charge is 0.465 e. The minimum absolute atomic E-state index is 0.165. The standard InChI is InChI=1S/C14H19ClN2O3S/c1-3-20-14(19)11(16)7-21-8-13(18)17-12-6-10(15)5-4-9(12)2/h4-6,11H,3,7-8,16H2,1-2H3,(H,17,18). The van der Waals surface area contributed by atoms with Crippen LogP contribution in [-0.2, 0) is 14.3 Å². The number of hydrogen-bond acceptors (Lipinski definition) is 5. The van der Waals surface area contributed by atoms with Gasteiger partial charge in [0.15, 0.2) is 0 Å². The molecule has 0 aliphatic carbocycles. The Balaban J connectivity index is 2.38. The molecule has 0 aliphatic rings. The van der Waals surface area contributed by atoms with Crippen LogP contribution in [0, 0.1) is 6.92 Å². The van der Waals surface area contributed by atoms with Crippen LogP contribution in [0.4, 0.5) is 5.69 Å². The summed E-state index contributed by atoms with van der Waals surface area (Å²) in [4.78, 5) is 23.1. The van der Waals surface area contributed by atoms with Crippen LogP contribution < -0.4 is 11.1 Å². The van der Waals surface area contributed by atoms with Crippen molar-refractivity contribution >= 4 is 40.9 Å². The number of ether oxygens (including phenoxy) is 1. The van der Waals surface area contributed by atoms with E-state index in [4.69, 9.17) is 22.1 Å². The molecule has 7 heteroatoms. The number of nitrogens with one attached hydrogen (secondary N) is 1. The van der Waals surface area contributed by atoms with Crippen molar-refractivity contribution < 1.29 is 14.3 Å². The Labute approximate surface area is 133 Å². The van der Waals surface area contributed by atoms with Crippen molar-refractivity contribution in [3.63, 3.8) is 0 Å². The third kappa shape index (κ3) is 6.37. The summed E-state index contributed by atoms with van der Waals surface area (Å²) in [5.41, 5.74) is 7.26. The second kappa shape index (κ2) is 8.92. The van der Waals surface area contributed by atoms with Gasteiger partial charge in [-0.05, 0) is 31.5 Å². The number of hydrogen-bond donors (Lipinski definition) is 2. The number of thioether (sulfide) groups is 1. The third-order valence-electron chi connectivity index (χ3n) is 2.59. The first-order chi connectivity index (χ1) is 9.93. The van der Waals surface area contributed by atoms with Crippen LogP contribution in [0.15, 0.2) is 18.2 Å². The third-order valence-corrected chi connectivity index (χ3v) is 3.89. The van der Waals surface area contributed by atoms with Gasteiger partial charge < -0.3 is 15.8 Å². The topological polar surface area (TPSA) is 81.4 Å². The van der Waals surface area contributed by atoms with Crippen LogP contribution in [0.3, 0.4) is 0 Å². The molecule has 0 aliphatic heterocycles. The summed E-state index contributed by atoms with van der Waals surface area (Å²) in [5.74, 6) is -0.0719. The zero-order valence-corrected chi connectivity index (χ0v) is 13.6. The fourth-order valence-corrected chi connectivity index (χ4v) is 2.45. The molecule has 0 bridgehead atoms. The monoisotopic (exact) mass is 330 g/mol. The first-order valence-corrected chi connectivity index (χ1v) is 8.03. The van der Waals surface area contributed by atoms with Crippen LogP contribution in [0.5, 0.6) is 0 Å². The molecule has 1 unspecified atom stereocenters. The Morgan fingerprint density at radius 3 is 2.86 bits per heavy atom. The van der Waals surface area contributed by atoms with E-state index < -0.39 is 12.0 Å². The van der Waals surface area contributed by atoms with E-state index in [1.165, 1.54) is 11.8 Å². The number of halogens is 1. The molecule has 5 nitrogen and oxygen atoms in total. The highest BCUT2D eigenvalue weighted by molar-refractivity contribution is 8.00. The lowest BCUT2D eigenvalue weighted by molar-refractivity contribution is -0.144. The smallest absolute Gasteiger partial charge is 0.323 e. The van der Waals surface area contributed by atoms with Crippen molar-refractivity contribution in [2.45, 2.75) is 19.9 Å². The molecule has 1 atom stereocenters. The number of nitrogens with two attached hydrogens (primary N) is 1. The molecular formula is C14H19ClN2O3S. The second-order valence-corrected chi connectivity index (χ2v) is 5.85. The fraction of sp³-hybridized carbons (Fsp3) is 0.429. The molecule has 0 saturated heterocycles. The molecule has 1 aromatic rings. The maximum absolute atomic E-state index is 11.8. The molecule has 116 valence electrons. The van der Waals surface area contributed by atoms with E-state index in [0.29, 0.717) is 23.1 Å². The summed E-state index contributed by atoms with van der Waals surface area (Å²) < 4.78 is 4.79. The summed E-state index contributed by atoms with van der Waals surface area (Å²) in [7, 11) is 0. The molecule has 1 rings (SSSR count). The van der Waals surface area contributed by atoms with Gasteiger partial charge in [0.1, 0.15) is 6.04 Å². The Morgan fingerprint density at radius 1 is 1.48 bits per heavy atom. The Hall–Kier alpha value is -1.24. The quantitative estimate of drug-likeness (QED) is 0.749. The molecule has 1 amide bonds. The maximum atomic E-state index is 11.8. The van der Waals surface area contributed by atoms with Crippen LogP contribution >= 0.6 is 23.4 Å². The van der Waals surface area contributed by atoms with Gasteiger partial charge in [0.2, 0.25) is 5.91 Å². The van der Waals surface area contributed by atoms with Gasteiger partial charge in [-0.25, -0.2) is 0 Å². The molecule has 21 heavy (non-hydrogen) atoms. The van der Waals surface area contributed by atoms with E-state index in [1.54, 1.807) is 19.1 Å². The predicted octanol–water partition coefficient (Wildman–Crippen LogP) is 2.21. The van der Waals surface area contributed by atoms with Crippen molar-refractivity contribution in [3.05, 3.63) is 28.8 Å². The van der Waals surface area contributed by atoms with E-state index in [-0.39, 0.29) is 11.7 Å². The minimum atomic E-state index is -0.712. The Kier molecular flexibility index (Phi) is 7.56. The highest BCUT2D eigenvalue weighted by Gasteiger charge is 2.15. The minimum Gasteiger partial charge on any atom is -0.465 e. The number of esters is 1. The summed E-state index contributed by atoms with van der Waals surface area (Å²) in [6.45, 7) is 3.90. The number of carbonyl (C=O) groups excluding carboxylic acids is 2. The van der Waals surface area contributed by atoms with Crippen molar-refractivity contribution in [1.82, 2.24) is 0 Å². The van der Waals surface area contributed by atoms with Gasteiger partial charge >= 0.3 is 5.97 Å². The van der Waals surface area contributed by atoms with Crippen LogP contribution in [0.25, 0.3) is 0 Å². The van der Waals surface area contributed by atoms with Gasteiger partial charge in [0.05, 0.1) is 12.4 Å². The van der Waals surface area contributed by atoms with Gasteiger partial charge in [0, 0.05) is 16.5 Å². The summed E-state index contributed by atoms with van der Waals surface area (Å²) >= 11 is 7.17. The Bertz CT molecular complexity index is 511. The molecule has 0 fully saturated rings. The molecule has 3 N–H and O–H groups in total. The van der Waals surface area contributed by atoms with Gasteiger partial charge in [-0.15, -0.1) is 11.8 Å². The number of carbonyl (C=O) groups is 2. The average Bonchev–Trinajstić information content (AvgIpc) is 2.43. The number of benzene rings is 1. The average molecular weight is 331 g/mol. The normalized spacial score (nSPS) is 11.8. The predicted molar refractivity (Wildman–Crippen MR) is 86.8 cm³/mol. The number of aryl methyl sites for hydroxylation is 1. The molecule has 0 spiro atoms. The Morgan fingerprint density at radius 2 is 2.19 bits per heavy atom. The van der Waals surface area contributed by atoms with Gasteiger partial charge in [0.25, 0.3) is 0 Å². The lowest BCUT2D eigenvalue weighted by Crippen LogP contribution is -2.35. The lowest BCUT2D eigenvalue weighted by Gasteiger charge is -2.11. The van der Waals surface area contributed by atoms with Crippen LogP contribution in [0.2, 0.25) is 5.02 Å². The number of amides is 1. The first kappa shape index (κ1) is 17.8. The number of rotatable bonds is 7. The van der Waals surface area contributed by atoms with Crippen molar-refractivity contribution in [1.29, 1.82) is 0 Å². The molecule has 0 aromatic heterocycles. The van der Waals surface area contributed by atoms with Crippen LogP contribution in [0.1, 0.15) is 12.5 Å². The highest BCUT2D eigenvalue weighted by Crippen LogP contribution is 2.20. The molecule has 0 saturated carbocycles. The fourth-order valence-electron chi connectivity index (χ4n) is 1.51. The summed E-state index contributed by atoms with van der Waals surface area (Å²) in [6.07, 6.45) is 0. The van der Waals surface area contributed by atoms with Crippen molar-refractivity contribution in [3.8, 4) is 0 Å². The van der Waals surface area contributed by atoms with Crippen LogP contribution in [-0.4, -0.2) is 36.0 Å². The van der Waals surface area contributed by atoms with Crippen molar-refractivity contribution in [2.24, 2.45) is 5.73 Å². The molecule has 0 radical (unpaired) electrons. The SMILES string of the molecule is CCOC(=O)C(N)CSCC(=O)Nc1cc(Cl)ccc1C. The van der Waals surface area contributed by atoms with E-state index in [9.17, 15) is 9.59 Å². The van der Waals surface area contributed by atoms with E-state index in [1.807, 2.05) is 13.0 Å². The molecular weight excluding hydrogens is 312 g/mol. The second-order valence-electron chi connectivity index (χ2n) is 4.38. The lowest BCUT2D eigenvalue weighted by atomic mass is 10.2. The maximum Gasteiger partial charge on any atom is 0.323 e. The summed E-state index contributed by atoms with van der Waals surface area (Å²) in [6, 6.07) is 4.58. The first-order valence-electron chi connectivity index (χ1n) is 6.50. The molecule has 1 aromatic carbocycles. The molecule has 0 heterocycles. The van der Waals surface area contributed by atoms with E-state index in [2.05, 4.69) is 5.32 Å². The highest BCUT2D eigenvalue weighted by atomic mass is 35.5. The summed E-state index contributed by atoms with van der Waals surface area (Å²) in [5, 5.41) is 3.34.